The van der Waals surface area contributed by atoms with E-state index in [4.69, 9.17) is 4.42 Å². The van der Waals surface area contributed by atoms with Gasteiger partial charge in [-0.05, 0) is 29.8 Å². The maximum Gasteiger partial charge on any atom is 0.314 e. The SMILES string of the molecule is CS(=O)(=O)N1CCN(CCS(=O)(=O)N(Cc2ccc(-c3nnc(C(F)F)o3)cc2)c2ccccc2)CC1. The third-order valence-corrected chi connectivity index (χ3v) is 9.01. The minimum atomic E-state index is -3.75. The van der Waals surface area contributed by atoms with Crippen molar-refractivity contribution in [1.82, 2.24) is 19.4 Å². The van der Waals surface area contributed by atoms with Gasteiger partial charge in [0.25, 0.3) is 5.89 Å². The normalized spacial score (nSPS) is 15.8. The fourth-order valence-corrected chi connectivity index (χ4v) is 6.27. The maximum absolute atomic E-state index is 13.4. The van der Waals surface area contributed by atoms with E-state index in [1.807, 2.05) is 4.90 Å². The summed E-state index contributed by atoms with van der Waals surface area (Å²) in [6, 6.07) is 15.3. The predicted molar refractivity (Wildman–Crippen MR) is 134 cm³/mol. The van der Waals surface area contributed by atoms with E-state index in [0.29, 0.717) is 43.0 Å². The van der Waals surface area contributed by atoms with Gasteiger partial charge >= 0.3 is 6.43 Å². The summed E-state index contributed by atoms with van der Waals surface area (Å²) in [6.07, 6.45) is -1.70. The highest BCUT2D eigenvalue weighted by Crippen LogP contribution is 2.25. The standard InChI is InChI=1S/C23H27F2N5O5S2/c1-36(31,32)29-13-11-28(12-14-29)15-16-37(33,34)30(20-5-3-2-4-6-20)17-18-7-9-19(10-8-18)22-26-27-23(35-22)21(24)25/h2-10,21H,11-17H2,1H3. The molecule has 2 heterocycles. The summed E-state index contributed by atoms with van der Waals surface area (Å²) in [6.45, 7) is 1.89. The van der Waals surface area contributed by atoms with Gasteiger partial charge < -0.3 is 4.42 Å². The van der Waals surface area contributed by atoms with Gasteiger partial charge in [-0.2, -0.15) is 13.1 Å². The molecule has 0 radical (unpaired) electrons. The Morgan fingerprint density at radius 3 is 2.16 bits per heavy atom. The molecule has 0 bridgehead atoms. The van der Waals surface area contributed by atoms with E-state index >= 15 is 0 Å². The van der Waals surface area contributed by atoms with Crippen LogP contribution in [0.25, 0.3) is 11.5 Å². The van der Waals surface area contributed by atoms with Crippen LogP contribution in [0.15, 0.2) is 59.0 Å². The molecule has 200 valence electrons. The zero-order valence-corrected chi connectivity index (χ0v) is 21.7. The molecule has 14 heteroatoms. The number of alkyl halides is 2. The highest BCUT2D eigenvalue weighted by molar-refractivity contribution is 7.92. The Hall–Kier alpha value is -2.94. The number of anilines is 1. The smallest absolute Gasteiger partial charge is 0.314 e. The molecular formula is C23H27F2N5O5S2. The molecule has 0 N–H and O–H groups in total. The van der Waals surface area contributed by atoms with Gasteiger partial charge in [-0.3, -0.25) is 9.21 Å². The van der Waals surface area contributed by atoms with Crippen LogP contribution in [-0.4, -0.2) is 81.0 Å². The molecule has 0 spiro atoms. The highest BCUT2D eigenvalue weighted by atomic mass is 32.2. The molecule has 0 atom stereocenters. The van der Waals surface area contributed by atoms with Crippen LogP contribution in [0.1, 0.15) is 17.9 Å². The van der Waals surface area contributed by atoms with Crippen molar-refractivity contribution in [3.05, 3.63) is 66.1 Å². The number of rotatable bonds is 10. The van der Waals surface area contributed by atoms with Crippen molar-refractivity contribution < 1.29 is 30.0 Å². The Morgan fingerprint density at radius 1 is 0.946 bits per heavy atom. The topological polar surface area (TPSA) is 117 Å². The number of hydrogen-bond donors (Lipinski definition) is 0. The van der Waals surface area contributed by atoms with E-state index in [0.717, 1.165) is 0 Å². The highest BCUT2D eigenvalue weighted by Gasteiger charge is 2.27. The van der Waals surface area contributed by atoms with Crippen LogP contribution in [0.2, 0.25) is 0 Å². The van der Waals surface area contributed by atoms with Crippen molar-refractivity contribution in [1.29, 1.82) is 0 Å². The minimum absolute atomic E-state index is 0.0506. The van der Waals surface area contributed by atoms with Gasteiger partial charge in [0.15, 0.2) is 0 Å². The van der Waals surface area contributed by atoms with E-state index in [9.17, 15) is 25.6 Å². The van der Waals surface area contributed by atoms with Crippen LogP contribution < -0.4 is 4.31 Å². The first-order valence-electron chi connectivity index (χ1n) is 11.5. The summed E-state index contributed by atoms with van der Waals surface area (Å²) < 4.78 is 83.5. The average Bonchev–Trinajstić information content (AvgIpc) is 3.38. The molecule has 0 aliphatic carbocycles. The van der Waals surface area contributed by atoms with Gasteiger partial charge in [-0.1, -0.05) is 30.3 Å². The first kappa shape index (κ1) is 27.1. The van der Waals surface area contributed by atoms with Gasteiger partial charge in [0.2, 0.25) is 25.9 Å². The van der Waals surface area contributed by atoms with Gasteiger partial charge in [-0.15, -0.1) is 10.2 Å². The molecule has 1 aliphatic heterocycles. The Bertz CT molecular complexity index is 1390. The largest absolute Gasteiger partial charge is 0.415 e. The van der Waals surface area contributed by atoms with Crippen LogP contribution >= 0.6 is 0 Å². The molecule has 37 heavy (non-hydrogen) atoms. The van der Waals surface area contributed by atoms with E-state index < -0.39 is 32.4 Å². The van der Waals surface area contributed by atoms with Crippen molar-refractivity contribution in [2.24, 2.45) is 0 Å². The van der Waals surface area contributed by atoms with Crippen LogP contribution in [0.4, 0.5) is 14.5 Å². The Balaban J connectivity index is 1.46. The molecule has 10 nitrogen and oxygen atoms in total. The van der Waals surface area contributed by atoms with Crippen molar-refractivity contribution in [2.75, 3.05) is 49.0 Å². The average molecular weight is 556 g/mol. The maximum atomic E-state index is 13.4. The molecule has 1 saturated heterocycles. The molecule has 1 fully saturated rings. The summed E-state index contributed by atoms with van der Waals surface area (Å²) in [5.41, 5.74) is 1.61. The third-order valence-electron chi connectivity index (χ3n) is 6.00. The number of sulfonamides is 2. The third kappa shape index (κ3) is 6.89. The second-order valence-electron chi connectivity index (χ2n) is 8.60. The van der Waals surface area contributed by atoms with Gasteiger partial charge in [0.1, 0.15) is 0 Å². The van der Waals surface area contributed by atoms with Gasteiger partial charge in [-0.25, -0.2) is 16.8 Å². The van der Waals surface area contributed by atoms with Crippen molar-refractivity contribution >= 4 is 25.7 Å². The Labute approximate surface area is 214 Å². The van der Waals surface area contributed by atoms with Crippen LogP contribution in [0.5, 0.6) is 0 Å². The van der Waals surface area contributed by atoms with Crippen molar-refractivity contribution in [3.63, 3.8) is 0 Å². The lowest BCUT2D eigenvalue weighted by atomic mass is 10.1. The fraction of sp³-hybridized carbons (Fsp3) is 0.391. The molecular weight excluding hydrogens is 528 g/mol. The monoisotopic (exact) mass is 555 g/mol. The summed E-state index contributed by atoms with van der Waals surface area (Å²) in [4.78, 5) is 1.94. The van der Waals surface area contributed by atoms with E-state index in [1.165, 1.54) is 14.9 Å². The molecule has 3 aromatic rings. The number of halogens is 2. The molecule has 0 unspecified atom stereocenters. The summed E-state index contributed by atoms with van der Waals surface area (Å²) >= 11 is 0. The number of aromatic nitrogens is 2. The first-order chi connectivity index (χ1) is 17.5. The molecule has 0 amide bonds. The van der Waals surface area contributed by atoms with Crippen LogP contribution in [0, 0.1) is 0 Å². The van der Waals surface area contributed by atoms with Crippen LogP contribution in [-0.2, 0) is 26.6 Å². The second kappa shape index (κ2) is 11.2. The zero-order valence-electron chi connectivity index (χ0n) is 20.1. The second-order valence-corrected chi connectivity index (χ2v) is 12.6. The predicted octanol–water partition coefficient (Wildman–Crippen LogP) is 2.59. The van der Waals surface area contributed by atoms with Crippen molar-refractivity contribution in [2.45, 2.75) is 13.0 Å². The molecule has 0 saturated carbocycles. The lowest BCUT2D eigenvalue weighted by Gasteiger charge is -2.33. The van der Waals surface area contributed by atoms with Gasteiger partial charge in [0.05, 0.1) is 24.2 Å². The minimum Gasteiger partial charge on any atom is -0.415 e. The number of hydrogen-bond acceptors (Lipinski definition) is 8. The lowest BCUT2D eigenvalue weighted by Crippen LogP contribution is -2.49. The van der Waals surface area contributed by atoms with Crippen molar-refractivity contribution in [3.8, 4) is 11.5 Å². The Kier molecular flexibility index (Phi) is 8.21. The summed E-state index contributed by atoms with van der Waals surface area (Å²) in [7, 11) is -7.01. The Morgan fingerprint density at radius 2 is 1.59 bits per heavy atom. The van der Waals surface area contributed by atoms with E-state index in [2.05, 4.69) is 10.2 Å². The summed E-state index contributed by atoms with van der Waals surface area (Å²) in [5.74, 6) is -0.958. The number of para-hydroxylation sites is 1. The molecule has 1 aromatic heterocycles. The van der Waals surface area contributed by atoms with Gasteiger partial charge in [0, 0.05) is 38.3 Å². The first-order valence-corrected chi connectivity index (χ1v) is 14.9. The number of nitrogens with zero attached hydrogens (tertiary/aromatic N) is 5. The van der Waals surface area contributed by atoms with Crippen LogP contribution in [0.3, 0.4) is 0 Å². The number of benzene rings is 2. The molecule has 4 rings (SSSR count). The molecule has 2 aromatic carbocycles. The zero-order chi connectivity index (χ0) is 26.6. The fourth-order valence-electron chi connectivity index (χ4n) is 3.94. The number of piperazine rings is 1. The quantitative estimate of drug-likeness (QED) is 0.375. The summed E-state index contributed by atoms with van der Waals surface area (Å²) in [5, 5.41) is 6.95. The van der Waals surface area contributed by atoms with E-state index in [1.54, 1.807) is 54.6 Å². The lowest BCUT2D eigenvalue weighted by molar-refractivity contribution is 0.116. The molecule has 1 aliphatic rings. The van der Waals surface area contributed by atoms with E-state index in [-0.39, 0.29) is 24.7 Å².